The number of benzene rings is 2. The van der Waals surface area contributed by atoms with E-state index in [1.54, 1.807) is 6.07 Å². The van der Waals surface area contributed by atoms with Gasteiger partial charge in [0.15, 0.2) is 0 Å². The monoisotopic (exact) mass is 499 g/mol. The Morgan fingerprint density at radius 1 is 0.946 bits per heavy atom. The fourth-order valence-electron chi connectivity index (χ4n) is 7.54. The number of para-hydroxylation sites is 1. The third kappa shape index (κ3) is 3.96. The third-order valence-corrected chi connectivity index (χ3v) is 9.32. The van der Waals surface area contributed by atoms with Crippen LogP contribution in [0, 0.1) is 0 Å². The second kappa shape index (κ2) is 9.48. The van der Waals surface area contributed by atoms with Gasteiger partial charge in [0.1, 0.15) is 0 Å². The molecule has 3 aromatic rings. The first-order valence-electron chi connectivity index (χ1n) is 14.3. The van der Waals surface area contributed by atoms with Crippen molar-refractivity contribution in [3.8, 4) is 11.3 Å². The van der Waals surface area contributed by atoms with E-state index >= 15 is 0 Å². The number of aromatic nitrogens is 1. The van der Waals surface area contributed by atoms with Gasteiger partial charge < -0.3 is 24.6 Å². The first-order valence-corrected chi connectivity index (χ1v) is 14.3. The molecule has 6 nitrogen and oxygen atoms in total. The summed E-state index contributed by atoms with van der Waals surface area (Å²) in [6.07, 6.45) is 9.60. The Balaban J connectivity index is 1.41. The molecule has 1 unspecified atom stereocenters. The molecule has 1 aromatic heterocycles. The molecule has 0 radical (unpaired) electrons. The Hall–Kier alpha value is -2.83. The normalized spacial score (nSPS) is 22.5. The van der Waals surface area contributed by atoms with Crippen LogP contribution in [0.25, 0.3) is 22.2 Å². The second-order valence-electron chi connectivity index (χ2n) is 11.4. The van der Waals surface area contributed by atoms with Gasteiger partial charge in [-0.2, -0.15) is 0 Å². The zero-order valence-electron chi connectivity index (χ0n) is 21.5. The molecule has 0 bridgehead atoms. The van der Waals surface area contributed by atoms with E-state index < -0.39 is 5.97 Å². The summed E-state index contributed by atoms with van der Waals surface area (Å²) in [7, 11) is 0. The Morgan fingerprint density at radius 2 is 1.78 bits per heavy atom. The molecule has 2 aromatic carbocycles. The number of hydrogen-bond donors (Lipinski definition) is 2. The van der Waals surface area contributed by atoms with Gasteiger partial charge in [0.05, 0.1) is 16.9 Å². The van der Waals surface area contributed by atoms with E-state index in [2.05, 4.69) is 39.0 Å². The van der Waals surface area contributed by atoms with Crippen LogP contribution in [0.5, 0.6) is 0 Å². The van der Waals surface area contributed by atoms with Crippen LogP contribution in [0.3, 0.4) is 0 Å². The number of nitrogens with one attached hydrogen (secondary N) is 1. The van der Waals surface area contributed by atoms with E-state index in [1.165, 1.54) is 65.6 Å². The van der Waals surface area contributed by atoms with Crippen LogP contribution < -0.4 is 10.2 Å². The Bertz CT molecular complexity index is 1330. The molecule has 194 valence electrons. The molecule has 4 heterocycles. The van der Waals surface area contributed by atoms with Gasteiger partial charge in [-0.3, -0.25) is 0 Å². The van der Waals surface area contributed by atoms with Crippen LogP contribution in [0.4, 0.5) is 5.69 Å². The van der Waals surface area contributed by atoms with Crippen LogP contribution in [0.1, 0.15) is 84.8 Å². The molecule has 2 fully saturated rings. The summed E-state index contributed by atoms with van der Waals surface area (Å²) in [5, 5.41) is 15.0. The molecule has 6 heteroatoms. The highest BCUT2D eigenvalue weighted by molar-refractivity contribution is 6.00. The minimum absolute atomic E-state index is 0.363. The van der Waals surface area contributed by atoms with Gasteiger partial charge in [0, 0.05) is 61.4 Å². The minimum Gasteiger partial charge on any atom is -0.478 e. The highest BCUT2D eigenvalue weighted by Crippen LogP contribution is 2.50. The molecule has 1 saturated carbocycles. The van der Waals surface area contributed by atoms with Crippen molar-refractivity contribution >= 4 is 22.6 Å². The summed E-state index contributed by atoms with van der Waals surface area (Å²) < 4.78 is 8.07. The molecule has 0 amide bonds. The lowest BCUT2D eigenvalue weighted by Crippen LogP contribution is -2.42. The maximum Gasteiger partial charge on any atom is 0.335 e. The van der Waals surface area contributed by atoms with Crippen LogP contribution in [-0.2, 0) is 11.3 Å². The number of carbonyl (C=O) groups is 1. The van der Waals surface area contributed by atoms with Gasteiger partial charge in [-0.05, 0) is 61.3 Å². The quantitative estimate of drug-likeness (QED) is 0.455. The number of anilines is 1. The van der Waals surface area contributed by atoms with Crippen molar-refractivity contribution in [2.45, 2.75) is 75.9 Å². The average Bonchev–Trinajstić information content (AvgIpc) is 3.17. The van der Waals surface area contributed by atoms with Crippen molar-refractivity contribution in [1.82, 2.24) is 9.88 Å². The Kier molecular flexibility index (Phi) is 5.97. The molecule has 0 spiro atoms. The summed E-state index contributed by atoms with van der Waals surface area (Å²) in [6.45, 7) is 4.59. The maximum atomic E-state index is 11.9. The van der Waals surface area contributed by atoms with E-state index in [4.69, 9.17) is 4.74 Å². The number of carboxylic acid groups (broad SMARTS) is 1. The van der Waals surface area contributed by atoms with Crippen molar-refractivity contribution in [1.29, 1.82) is 0 Å². The summed E-state index contributed by atoms with van der Waals surface area (Å²) >= 11 is 0. The molecule has 3 aliphatic heterocycles. The van der Waals surface area contributed by atoms with E-state index in [0.717, 1.165) is 57.6 Å². The van der Waals surface area contributed by atoms with Crippen molar-refractivity contribution in [2.75, 3.05) is 31.2 Å². The number of carboxylic acids is 1. The summed E-state index contributed by atoms with van der Waals surface area (Å²) in [6, 6.07) is 13.6. The van der Waals surface area contributed by atoms with Gasteiger partial charge in [0.2, 0.25) is 0 Å². The molecular weight excluding hydrogens is 462 g/mol. The highest BCUT2D eigenvalue weighted by atomic mass is 16.5. The third-order valence-electron chi connectivity index (χ3n) is 9.32. The predicted molar refractivity (Wildman–Crippen MR) is 147 cm³/mol. The molecule has 7 rings (SSSR count). The standard InChI is InChI=1S/C31H37N3O3/c35-31(36)21-9-10-24-27(19-21)34-16-15-33-14-11-26(32-22-12-17-37-18-13-22)23-7-4-8-25(29(23)33)30(34)28(24)20-5-2-1-3-6-20/h4,7-10,19-20,22,26,32H,1-3,5-6,11-18H2,(H,35,36). The first-order chi connectivity index (χ1) is 18.2. The van der Waals surface area contributed by atoms with Gasteiger partial charge in [-0.1, -0.05) is 43.5 Å². The molecule has 1 aliphatic carbocycles. The van der Waals surface area contributed by atoms with Gasteiger partial charge in [-0.25, -0.2) is 4.79 Å². The summed E-state index contributed by atoms with van der Waals surface area (Å²) in [5.74, 6) is -0.320. The maximum absolute atomic E-state index is 11.9. The Labute approximate surface area is 218 Å². The first kappa shape index (κ1) is 23.3. The zero-order chi connectivity index (χ0) is 24.9. The predicted octanol–water partition coefficient (Wildman–Crippen LogP) is 6.09. The summed E-state index contributed by atoms with van der Waals surface area (Å²) in [5.41, 5.74) is 8.43. The molecule has 2 N–H and O–H groups in total. The number of rotatable bonds is 4. The lowest BCUT2D eigenvalue weighted by atomic mass is 9.81. The molecule has 37 heavy (non-hydrogen) atoms. The minimum atomic E-state index is -0.852. The summed E-state index contributed by atoms with van der Waals surface area (Å²) in [4.78, 5) is 14.5. The number of hydrogen-bond acceptors (Lipinski definition) is 4. The van der Waals surface area contributed by atoms with Crippen LogP contribution in [-0.4, -0.2) is 48.0 Å². The largest absolute Gasteiger partial charge is 0.478 e. The fraction of sp³-hybridized carbons (Fsp3) is 0.516. The van der Waals surface area contributed by atoms with Gasteiger partial charge in [0.25, 0.3) is 0 Å². The lowest BCUT2D eigenvalue weighted by molar-refractivity contribution is 0.0696. The molecular formula is C31H37N3O3. The van der Waals surface area contributed by atoms with Crippen molar-refractivity contribution in [3.63, 3.8) is 0 Å². The van der Waals surface area contributed by atoms with Gasteiger partial charge >= 0.3 is 5.97 Å². The average molecular weight is 500 g/mol. The smallest absolute Gasteiger partial charge is 0.335 e. The van der Waals surface area contributed by atoms with E-state index in [9.17, 15) is 9.90 Å². The van der Waals surface area contributed by atoms with E-state index in [0.29, 0.717) is 23.6 Å². The van der Waals surface area contributed by atoms with Crippen molar-refractivity contribution < 1.29 is 14.6 Å². The topological polar surface area (TPSA) is 66.7 Å². The lowest BCUT2D eigenvalue weighted by Gasteiger charge is -2.38. The molecule has 4 aliphatic rings. The number of fused-ring (bicyclic) bond motifs is 4. The number of nitrogens with zero attached hydrogens (tertiary/aromatic N) is 2. The van der Waals surface area contributed by atoms with Gasteiger partial charge in [-0.15, -0.1) is 0 Å². The Morgan fingerprint density at radius 3 is 2.59 bits per heavy atom. The van der Waals surface area contributed by atoms with Crippen molar-refractivity contribution in [3.05, 3.63) is 53.1 Å². The zero-order valence-corrected chi connectivity index (χ0v) is 21.5. The number of aromatic carboxylic acids is 1. The van der Waals surface area contributed by atoms with E-state index in [-0.39, 0.29) is 0 Å². The molecule has 1 saturated heterocycles. The molecule has 1 atom stereocenters. The van der Waals surface area contributed by atoms with Crippen molar-refractivity contribution in [2.24, 2.45) is 0 Å². The van der Waals surface area contributed by atoms with Crippen LogP contribution >= 0.6 is 0 Å². The number of ether oxygens (including phenoxy) is 1. The second-order valence-corrected chi connectivity index (χ2v) is 11.4. The van der Waals surface area contributed by atoms with Crippen LogP contribution in [0.2, 0.25) is 0 Å². The fourth-order valence-corrected chi connectivity index (χ4v) is 7.54. The van der Waals surface area contributed by atoms with Crippen LogP contribution in [0.15, 0.2) is 36.4 Å². The SMILES string of the molecule is O=C(O)c1ccc2c(C3CCCCC3)c3n(c2c1)CCN1CCC(NC2CCOCC2)c2cccc-3c21. The van der Waals surface area contributed by atoms with E-state index in [1.807, 2.05) is 6.07 Å². The highest BCUT2D eigenvalue weighted by Gasteiger charge is 2.35.